The first-order valence-electron chi connectivity index (χ1n) is 6.25. The number of nitrogens with zero attached hydrogens (tertiary/aromatic N) is 1. The van der Waals surface area contributed by atoms with Crippen LogP contribution in [-0.2, 0) is 11.2 Å². The lowest BCUT2D eigenvalue weighted by Gasteiger charge is -2.14. The molecule has 1 aromatic carbocycles. The van der Waals surface area contributed by atoms with E-state index < -0.39 is 17.9 Å². The van der Waals surface area contributed by atoms with Crippen molar-refractivity contribution in [2.75, 3.05) is 0 Å². The van der Waals surface area contributed by atoms with E-state index in [0.717, 1.165) is 5.56 Å². The predicted molar refractivity (Wildman–Crippen MR) is 78.3 cm³/mol. The average Bonchev–Trinajstić information content (AvgIpc) is 2.48. The van der Waals surface area contributed by atoms with Gasteiger partial charge < -0.3 is 10.4 Å². The molecule has 0 aliphatic heterocycles. The number of carboxylic acid groups (broad SMARTS) is 1. The van der Waals surface area contributed by atoms with E-state index in [9.17, 15) is 14.7 Å². The minimum absolute atomic E-state index is 0.211. The van der Waals surface area contributed by atoms with Crippen LogP contribution in [-0.4, -0.2) is 28.0 Å². The van der Waals surface area contributed by atoms with Crippen LogP contribution >= 0.6 is 11.6 Å². The van der Waals surface area contributed by atoms with Crippen molar-refractivity contribution in [2.24, 2.45) is 0 Å². The van der Waals surface area contributed by atoms with E-state index in [1.807, 2.05) is 30.3 Å². The lowest BCUT2D eigenvalue weighted by atomic mass is 10.1. The van der Waals surface area contributed by atoms with Gasteiger partial charge in [0.15, 0.2) is 0 Å². The largest absolute Gasteiger partial charge is 0.480 e. The summed E-state index contributed by atoms with van der Waals surface area (Å²) in [4.78, 5) is 27.1. The van der Waals surface area contributed by atoms with Gasteiger partial charge in [0.05, 0.1) is 5.56 Å². The Hall–Kier alpha value is -2.40. The van der Waals surface area contributed by atoms with Crippen LogP contribution in [0.2, 0.25) is 5.15 Å². The number of pyridine rings is 1. The second-order valence-corrected chi connectivity index (χ2v) is 4.81. The van der Waals surface area contributed by atoms with Gasteiger partial charge in [0.2, 0.25) is 0 Å². The fourth-order valence-corrected chi connectivity index (χ4v) is 1.91. The summed E-state index contributed by atoms with van der Waals surface area (Å²) in [5, 5.41) is 12.0. The van der Waals surface area contributed by atoms with E-state index in [-0.39, 0.29) is 17.1 Å². The van der Waals surface area contributed by atoms with Gasteiger partial charge in [-0.2, -0.15) is 0 Å². The Labute approximate surface area is 126 Å². The molecule has 0 saturated heterocycles. The Morgan fingerprint density at radius 3 is 2.48 bits per heavy atom. The van der Waals surface area contributed by atoms with Gasteiger partial charge in [0, 0.05) is 12.6 Å². The van der Waals surface area contributed by atoms with Gasteiger partial charge in [-0.15, -0.1) is 0 Å². The molecular formula is C15H13ClN2O3. The minimum Gasteiger partial charge on any atom is -0.480 e. The number of aliphatic carboxylic acids is 1. The first kappa shape index (κ1) is 15.0. The molecule has 0 saturated carbocycles. The molecule has 0 radical (unpaired) electrons. The quantitative estimate of drug-likeness (QED) is 0.830. The number of carbonyl (C=O) groups is 2. The molecule has 0 aliphatic carbocycles. The molecule has 0 fully saturated rings. The highest BCUT2D eigenvalue weighted by molar-refractivity contribution is 6.29. The molecular weight excluding hydrogens is 292 g/mol. The SMILES string of the molecule is O=C(NC(Cc1ccccc1)C(=O)O)c1ccc(Cl)nc1. The van der Waals surface area contributed by atoms with Gasteiger partial charge in [0.1, 0.15) is 11.2 Å². The minimum atomic E-state index is -1.09. The molecule has 0 bridgehead atoms. The van der Waals surface area contributed by atoms with Crippen molar-refractivity contribution < 1.29 is 14.7 Å². The third-order valence-electron chi connectivity index (χ3n) is 2.88. The number of hydrogen-bond acceptors (Lipinski definition) is 3. The molecule has 21 heavy (non-hydrogen) atoms. The van der Waals surface area contributed by atoms with Gasteiger partial charge in [-0.25, -0.2) is 9.78 Å². The summed E-state index contributed by atoms with van der Waals surface area (Å²) in [5.74, 6) is -1.59. The Morgan fingerprint density at radius 1 is 1.19 bits per heavy atom. The standard InChI is InChI=1S/C15H13ClN2O3/c16-13-7-6-11(9-17-13)14(19)18-12(15(20)21)8-10-4-2-1-3-5-10/h1-7,9,12H,8H2,(H,18,19)(H,20,21). The predicted octanol–water partition coefficient (Wildman–Crippen LogP) is 2.16. The van der Waals surface area contributed by atoms with Crippen molar-refractivity contribution in [1.29, 1.82) is 0 Å². The van der Waals surface area contributed by atoms with Gasteiger partial charge in [-0.05, 0) is 17.7 Å². The third-order valence-corrected chi connectivity index (χ3v) is 3.10. The molecule has 2 rings (SSSR count). The van der Waals surface area contributed by atoms with Crippen LogP contribution in [0.15, 0.2) is 48.7 Å². The monoisotopic (exact) mass is 304 g/mol. The Bertz CT molecular complexity index is 629. The molecule has 0 spiro atoms. The van der Waals surface area contributed by atoms with Gasteiger partial charge in [-0.3, -0.25) is 4.79 Å². The molecule has 5 nitrogen and oxygen atoms in total. The van der Waals surface area contributed by atoms with Gasteiger partial charge in [0.25, 0.3) is 5.91 Å². The molecule has 0 aliphatic rings. The summed E-state index contributed by atoms with van der Waals surface area (Å²) < 4.78 is 0. The number of amides is 1. The van der Waals surface area contributed by atoms with Crippen molar-refractivity contribution in [2.45, 2.75) is 12.5 Å². The highest BCUT2D eigenvalue weighted by atomic mass is 35.5. The number of hydrogen-bond donors (Lipinski definition) is 2. The van der Waals surface area contributed by atoms with Crippen molar-refractivity contribution in [1.82, 2.24) is 10.3 Å². The fraction of sp³-hybridized carbons (Fsp3) is 0.133. The first-order chi connectivity index (χ1) is 10.1. The average molecular weight is 305 g/mol. The second kappa shape index (κ2) is 6.85. The normalized spacial score (nSPS) is 11.7. The molecule has 2 aromatic rings. The maximum atomic E-state index is 12.0. The van der Waals surface area contributed by atoms with Crippen LogP contribution in [0.5, 0.6) is 0 Å². The van der Waals surface area contributed by atoms with Crippen LogP contribution in [0.1, 0.15) is 15.9 Å². The van der Waals surface area contributed by atoms with Gasteiger partial charge >= 0.3 is 5.97 Å². The highest BCUT2D eigenvalue weighted by Crippen LogP contribution is 2.07. The Kier molecular flexibility index (Phi) is 4.90. The number of nitrogens with one attached hydrogen (secondary N) is 1. The molecule has 6 heteroatoms. The zero-order valence-electron chi connectivity index (χ0n) is 11.0. The van der Waals surface area contributed by atoms with E-state index in [4.69, 9.17) is 11.6 Å². The lowest BCUT2D eigenvalue weighted by molar-refractivity contribution is -0.139. The van der Waals surface area contributed by atoms with Crippen LogP contribution in [0.3, 0.4) is 0 Å². The van der Waals surface area contributed by atoms with Crippen molar-refractivity contribution in [3.05, 3.63) is 64.9 Å². The molecule has 1 amide bonds. The third kappa shape index (κ3) is 4.29. The molecule has 1 aromatic heterocycles. The van der Waals surface area contributed by atoms with E-state index in [2.05, 4.69) is 10.3 Å². The van der Waals surface area contributed by atoms with E-state index in [1.165, 1.54) is 18.3 Å². The van der Waals surface area contributed by atoms with Crippen LogP contribution in [0, 0.1) is 0 Å². The first-order valence-corrected chi connectivity index (χ1v) is 6.63. The van der Waals surface area contributed by atoms with E-state index in [0.29, 0.717) is 0 Å². The number of halogens is 1. The Morgan fingerprint density at radius 2 is 1.90 bits per heavy atom. The zero-order valence-corrected chi connectivity index (χ0v) is 11.7. The summed E-state index contributed by atoms with van der Waals surface area (Å²) >= 11 is 5.64. The maximum absolute atomic E-state index is 12.0. The van der Waals surface area contributed by atoms with Crippen molar-refractivity contribution >= 4 is 23.5 Å². The van der Waals surface area contributed by atoms with Gasteiger partial charge in [-0.1, -0.05) is 41.9 Å². The molecule has 1 heterocycles. The van der Waals surface area contributed by atoms with Crippen molar-refractivity contribution in [3.8, 4) is 0 Å². The smallest absolute Gasteiger partial charge is 0.326 e. The van der Waals surface area contributed by atoms with Crippen LogP contribution in [0.25, 0.3) is 0 Å². The van der Waals surface area contributed by atoms with E-state index >= 15 is 0 Å². The summed E-state index contributed by atoms with van der Waals surface area (Å²) in [6, 6.07) is 11.1. The van der Waals surface area contributed by atoms with E-state index in [1.54, 1.807) is 0 Å². The van der Waals surface area contributed by atoms with Crippen LogP contribution in [0.4, 0.5) is 0 Å². The second-order valence-electron chi connectivity index (χ2n) is 4.42. The lowest BCUT2D eigenvalue weighted by Crippen LogP contribution is -2.42. The number of benzene rings is 1. The zero-order chi connectivity index (χ0) is 15.2. The summed E-state index contributed by atoms with van der Waals surface area (Å²) in [5.41, 5.74) is 1.10. The number of carboxylic acids is 1. The Balaban J connectivity index is 2.07. The van der Waals surface area contributed by atoms with Crippen molar-refractivity contribution in [3.63, 3.8) is 0 Å². The van der Waals surface area contributed by atoms with Crippen LogP contribution < -0.4 is 5.32 Å². The molecule has 1 atom stereocenters. The molecule has 2 N–H and O–H groups in total. The summed E-state index contributed by atoms with van der Waals surface area (Å²) in [7, 11) is 0. The number of aromatic nitrogens is 1. The molecule has 108 valence electrons. The number of rotatable bonds is 5. The topological polar surface area (TPSA) is 79.3 Å². The molecule has 1 unspecified atom stereocenters. The summed E-state index contributed by atoms with van der Waals surface area (Å²) in [6.45, 7) is 0. The maximum Gasteiger partial charge on any atom is 0.326 e. The summed E-state index contributed by atoms with van der Waals surface area (Å²) in [6.07, 6.45) is 1.52. The fourth-order valence-electron chi connectivity index (χ4n) is 1.80. The highest BCUT2D eigenvalue weighted by Gasteiger charge is 2.21. The number of carbonyl (C=O) groups excluding carboxylic acids is 1.